The molecule has 100 valence electrons. The molecule has 5 heteroatoms. The number of nitrogens with zero attached hydrogens (tertiary/aromatic N) is 1. The number of anilines is 1. The van der Waals surface area contributed by atoms with E-state index in [1.54, 1.807) is 0 Å². The minimum Gasteiger partial charge on any atom is -0.323 e. The van der Waals surface area contributed by atoms with Crippen molar-refractivity contribution in [3.8, 4) is 0 Å². The van der Waals surface area contributed by atoms with Crippen molar-refractivity contribution in [2.75, 3.05) is 5.43 Å². The Kier molecular flexibility index (Phi) is 3.29. The smallest absolute Gasteiger partial charge is 0.149 e. The molecule has 1 aromatic heterocycles. The van der Waals surface area contributed by atoms with Gasteiger partial charge in [0.15, 0.2) is 0 Å². The third kappa shape index (κ3) is 2.15. The van der Waals surface area contributed by atoms with Gasteiger partial charge in [0.25, 0.3) is 0 Å². The van der Waals surface area contributed by atoms with Crippen LogP contribution in [0, 0.1) is 5.82 Å². The van der Waals surface area contributed by atoms with Crippen LogP contribution < -0.4 is 11.3 Å². The van der Waals surface area contributed by atoms with Gasteiger partial charge < -0.3 is 5.43 Å². The molecule has 1 heterocycles. The Labute approximate surface area is 115 Å². The molecular formula is C14H15ClFN3. The van der Waals surface area contributed by atoms with E-state index in [4.69, 9.17) is 17.4 Å². The van der Waals surface area contributed by atoms with Crippen LogP contribution >= 0.6 is 11.6 Å². The first-order chi connectivity index (χ1) is 9.20. The van der Waals surface area contributed by atoms with Crippen molar-refractivity contribution in [3.63, 3.8) is 0 Å². The molecule has 1 aliphatic carbocycles. The molecule has 0 unspecified atom stereocenters. The first-order valence-electron chi connectivity index (χ1n) is 6.46. The Hall–Kier alpha value is -1.39. The van der Waals surface area contributed by atoms with E-state index in [1.165, 1.54) is 25.0 Å². The molecule has 3 rings (SSSR count). The molecule has 2 aromatic rings. The molecule has 3 nitrogen and oxygen atoms in total. The van der Waals surface area contributed by atoms with Gasteiger partial charge in [0.1, 0.15) is 11.3 Å². The monoisotopic (exact) mass is 279 g/mol. The van der Waals surface area contributed by atoms with Gasteiger partial charge in [-0.2, -0.15) is 0 Å². The number of nitrogens with two attached hydrogens (primary N) is 1. The van der Waals surface area contributed by atoms with Crippen LogP contribution in [-0.2, 0) is 0 Å². The van der Waals surface area contributed by atoms with Gasteiger partial charge in [0, 0.05) is 17.0 Å². The van der Waals surface area contributed by atoms with Crippen molar-refractivity contribution >= 4 is 28.2 Å². The number of hydrazine groups is 1. The second kappa shape index (κ2) is 4.94. The zero-order valence-corrected chi connectivity index (χ0v) is 11.2. The third-order valence-electron chi connectivity index (χ3n) is 3.81. The van der Waals surface area contributed by atoms with Gasteiger partial charge in [-0.05, 0) is 31.0 Å². The van der Waals surface area contributed by atoms with Crippen LogP contribution in [-0.4, -0.2) is 4.98 Å². The number of hydrogen-bond donors (Lipinski definition) is 2. The summed E-state index contributed by atoms with van der Waals surface area (Å²) in [5.41, 5.74) is 4.44. The Morgan fingerprint density at radius 1 is 1.32 bits per heavy atom. The predicted octanol–water partition coefficient (Wildman–Crippen LogP) is 3.97. The maximum absolute atomic E-state index is 14.0. The Balaban J connectivity index is 2.24. The van der Waals surface area contributed by atoms with Crippen molar-refractivity contribution in [2.45, 2.75) is 31.6 Å². The summed E-state index contributed by atoms with van der Waals surface area (Å²) in [6, 6.07) is 4.76. The molecule has 19 heavy (non-hydrogen) atoms. The molecule has 0 saturated heterocycles. The summed E-state index contributed by atoms with van der Waals surface area (Å²) in [7, 11) is 0. The van der Waals surface area contributed by atoms with E-state index >= 15 is 0 Å². The normalized spacial score (nSPS) is 16.2. The second-order valence-electron chi connectivity index (χ2n) is 4.97. The molecule has 1 fully saturated rings. The van der Waals surface area contributed by atoms with E-state index in [-0.39, 0.29) is 5.82 Å². The number of fused-ring (bicyclic) bond motifs is 1. The topological polar surface area (TPSA) is 50.9 Å². The van der Waals surface area contributed by atoms with Gasteiger partial charge in [-0.1, -0.05) is 24.4 Å². The van der Waals surface area contributed by atoms with Crippen molar-refractivity contribution in [1.29, 1.82) is 0 Å². The third-order valence-corrected chi connectivity index (χ3v) is 4.12. The van der Waals surface area contributed by atoms with Gasteiger partial charge in [-0.25, -0.2) is 9.37 Å². The summed E-state index contributed by atoms with van der Waals surface area (Å²) in [5, 5.41) is 1.00. The van der Waals surface area contributed by atoms with Crippen LogP contribution in [0.25, 0.3) is 10.9 Å². The van der Waals surface area contributed by atoms with Gasteiger partial charge >= 0.3 is 0 Å². The summed E-state index contributed by atoms with van der Waals surface area (Å²) in [6.45, 7) is 0. The summed E-state index contributed by atoms with van der Waals surface area (Å²) < 4.78 is 14.0. The zero-order valence-electron chi connectivity index (χ0n) is 10.4. The minimum absolute atomic E-state index is 0.296. The van der Waals surface area contributed by atoms with Crippen LogP contribution in [0.5, 0.6) is 0 Å². The number of hydrogen-bond acceptors (Lipinski definition) is 3. The van der Waals surface area contributed by atoms with E-state index < -0.39 is 0 Å². The maximum atomic E-state index is 14.0. The number of rotatable bonds is 2. The predicted molar refractivity (Wildman–Crippen MR) is 75.7 cm³/mol. The average molecular weight is 280 g/mol. The highest BCUT2D eigenvalue weighted by atomic mass is 35.5. The zero-order chi connectivity index (χ0) is 13.4. The first-order valence-corrected chi connectivity index (χ1v) is 6.84. The number of nitrogens with one attached hydrogen (secondary N) is 1. The van der Waals surface area contributed by atoms with E-state index in [9.17, 15) is 4.39 Å². The lowest BCUT2D eigenvalue weighted by Gasteiger charge is -2.14. The molecule has 0 aliphatic heterocycles. The number of aromatic nitrogens is 1. The Morgan fingerprint density at radius 2 is 2.05 bits per heavy atom. The molecule has 3 N–H and O–H groups in total. The fourth-order valence-electron chi connectivity index (χ4n) is 2.83. The summed E-state index contributed by atoms with van der Waals surface area (Å²) in [5.74, 6) is 5.58. The van der Waals surface area contributed by atoms with E-state index in [2.05, 4.69) is 10.4 Å². The number of nitrogen functional groups attached to an aromatic ring is 1. The molecule has 0 spiro atoms. The molecule has 1 saturated carbocycles. The Bertz CT molecular complexity index is 624. The fraction of sp³-hybridized carbons (Fsp3) is 0.357. The lowest BCUT2D eigenvalue weighted by molar-refractivity contribution is 0.633. The van der Waals surface area contributed by atoms with Crippen molar-refractivity contribution in [3.05, 3.63) is 34.7 Å². The minimum atomic E-state index is -0.365. The maximum Gasteiger partial charge on any atom is 0.149 e. The molecule has 1 aromatic carbocycles. The molecule has 0 atom stereocenters. The Morgan fingerprint density at radius 3 is 2.74 bits per heavy atom. The number of pyridine rings is 1. The SMILES string of the molecule is NNc1cc(C2CCCC2)nc2c(F)ccc(Cl)c12. The molecule has 0 bridgehead atoms. The molecular weight excluding hydrogens is 265 g/mol. The second-order valence-corrected chi connectivity index (χ2v) is 5.38. The number of benzene rings is 1. The fourth-order valence-corrected chi connectivity index (χ4v) is 3.09. The van der Waals surface area contributed by atoms with E-state index in [1.807, 2.05) is 6.07 Å². The molecule has 0 amide bonds. The van der Waals surface area contributed by atoms with Crippen LogP contribution in [0.2, 0.25) is 5.02 Å². The lowest BCUT2D eigenvalue weighted by atomic mass is 10.0. The standard InChI is InChI=1S/C14H15ClFN3/c15-9-5-6-10(16)14-13(9)12(19-17)7-11(18-14)8-3-1-2-4-8/h5-8H,1-4,17H2,(H,18,19). The van der Waals surface area contributed by atoms with E-state index in [0.717, 1.165) is 18.5 Å². The average Bonchev–Trinajstić information content (AvgIpc) is 2.96. The van der Waals surface area contributed by atoms with Crippen molar-refractivity contribution in [1.82, 2.24) is 4.98 Å². The van der Waals surface area contributed by atoms with Gasteiger partial charge in [0.05, 0.1) is 10.7 Å². The van der Waals surface area contributed by atoms with Gasteiger partial charge in [-0.3, -0.25) is 5.84 Å². The highest BCUT2D eigenvalue weighted by Crippen LogP contribution is 2.38. The summed E-state index contributed by atoms with van der Waals surface area (Å²) >= 11 is 6.12. The highest BCUT2D eigenvalue weighted by molar-refractivity contribution is 6.36. The summed E-state index contributed by atoms with van der Waals surface area (Å²) in [4.78, 5) is 4.47. The van der Waals surface area contributed by atoms with Crippen LogP contribution in [0.15, 0.2) is 18.2 Å². The van der Waals surface area contributed by atoms with Crippen molar-refractivity contribution < 1.29 is 4.39 Å². The summed E-state index contributed by atoms with van der Waals surface area (Å²) in [6.07, 6.45) is 4.61. The van der Waals surface area contributed by atoms with Crippen LogP contribution in [0.4, 0.5) is 10.1 Å². The van der Waals surface area contributed by atoms with Crippen LogP contribution in [0.1, 0.15) is 37.3 Å². The van der Waals surface area contributed by atoms with Crippen LogP contribution in [0.3, 0.4) is 0 Å². The molecule has 0 radical (unpaired) electrons. The highest BCUT2D eigenvalue weighted by Gasteiger charge is 2.21. The van der Waals surface area contributed by atoms with Crippen molar-refractivity contribution in [2.24, 2.45) is 5.84 Å². The van der Waals surface area contributed by atoms with Gasteiger partial charge in [-0.15, -0.1) is 0 Å². The largest absolute Gasteiger partial charge is 0.323 e. The molecule has 1 aliphatic rings. The van der Waals surface area contributed by atoms with E-state index in [0.29, 0.717) is 27.5 Å². The quantitative estimate of drug-likeness (QED) is 0.646. The lowest BCUT2D eigenvalue weighted by Crippen LogP contribution is -2.10. The van der Waals surface area contributed by atoms with Gasteiger partial charge in [0.2, 0.25) is 0 Å². The number of halogens is 2. The first kappa shape index (κ1) is 12.6.